The summed E-state index contributed by atoms with van der Waals surface area (Å²) < 4.78 is 27.0. The van der Waals surface area contributed by atoms with Gasteiger partial charge in [-0.05, 0) is 97.9 Å². The number of aryl methyl sites for hydroxylation is 2. The number of para-hydroxylation sites is 2. The number of fused-ring (bicyclic) bond motifs is 4. The van der Waals surface area contributed by atoms with Gasteiger partial charge in [0.15, 0.2) is 0 Å². The summed E-state index contributed by atoms with van der Waals surface area (Å²) in [4.78, 5) is 9.74. The maximum Gasteiger partial charge on any atom is 0.0795 e. The number of aromatic nitrogens is 3. The molecule has 9 rings (SSSR count). The minimum absolute atomic E-state index is 0. The van der Waals surface area contributed by atoms with E-state index in [2.05, 4.69) is 179 Å². The van der Waals surface area contributed by atoms with Crippen molar-refractivity contribution in [1.29, 1.82) is 0 Å². The van der Waals surface area contributed by atoms with E-state index in [9.17, 15) is 0 Å². The minimum atomic E-state index is -2.08. The Balaban J connectivity index is 0.000000233. The summed E-state index contributed by atoms with van der Waals surface area (Å²) >= 11 is 1.84. The zero-order valence-electron chi connectivity index (χ0n) is 37.9. The average molecular weight is 985 g/mol. The van der Waals surface area contributed by atoms with Crippen LogP contribution in [0.15, 0.2) is 134 Å². The summed E-state index contributed by atoms with van der Waals surface area (Å²) in [6.45, 7) is 16.2. The Labute approximate surface area is 372 Å². The third kappa shape index (κ3) is 8.56. The van der Waals surface area contributed by atoms with Gasteiger partial charge in [-0.25, -0.2) is 0 Å². The number of benzene rings is 6. The van der Waals surface area contributed by atoms with E-state index in [-0.39, 0.29) is 20.1 Å². The maximum atomic E-state index is 7.35. The number of thiophene rings is 1. The van der Waals surface area contributed by atoms with E-state index < -0.39 is 14.9 Å². The summed E-state index contributed by atoms with van der Waals surface area (Å²) in [6.07, 6.45) is 1.92. The molecular weight excluding hydrogens is 931 g/mol. The van der Waals surface area contributed by atoms with Crippen LogP contribution in [0.4, 0.5) is 0 Å². The first-order valence-corrected chi connectivity index (χ1v) is 24.4. The topological polar surface area (TPSA) is 30.7 Å². The molecule has 0 saturated heterocycles. The van der Waals surface area contributed by atoms with Crippen molar-refractivity contribution in [1.82, 2.24) is 14.5 Å². The van der Waals surface area contributed by atoms with Crippen LogP contribution < -0.4 is 5.19 Å². The predicted octanol–water partition coefficient (Wildman–Crippen LogP) is 14.5. The number of pyridine rings is 1. The molecule has 0 fully saturated rings. The fourth-order valence-corrected chi connectivity index (χ4v) is 9.89. The van der Waals surface area contributed by atoms with Crippen molar-refractivity contribution in [2.75, 3.05) is 0 Å². The van der Waals surface area contributed by atoms with Crippen molar-refractivity contribution in [3.63, 3.8) is 0 Å². The van der Waals surface area contributed by atoms with Gasteiger partial charge in [-0.3, -0.25) is 4.98 Å². The summed E-state index contributed by atoms with van der Waals surface area (Å²) in [6, 6.07) is 50.7. The second-order valence-electron chi connectivity index (χ2n) is 16.8. The third-order valence-corrected chi connectivity index (χ3v) is 14.0. The molecule has 0 bridgehead atoms. The van der Waals surface area contributed by atoms with E-state index in [1.807, 2.05) is 23.6 Å². The molecular formula is C53H51IrN3SSi-2. The molecule has 59 heavy (non-hydrogen) atoms. The van der Waals surface area contributed by atoms with Gasteiger partial charge in [-0.15, -0.1) is 59.2 Å². The molecule has 1 radical (unpaired) electrons. The third-order valence-electron chi connectivity index (χ3n) is 10.9. The molecule has 6 heteroatoms. The van der Waals surface area contributed by atoms with E-state index in [0.29, 0.717) is 17.4 Å². The SMILES string of the molecule is Cc1cccc2sc3c[c-]c(-c4nc5ccccc5n4-c4c(C(C)C)cc(-c5ccccc5)cc4C(C)C)cc3c12.[2H]C([2H])([2H])c1c[c-]c(-c2ccc([Si](C)(C)C)cn2)cc1.[Ir]. The van der Waals surface area contributed by atoms with Crippen LogP contribution in [-0.4, -0.2) is 22.6 Å². The van der Waals surface area contributed by atoms with Gasteiger partial charge in [0.2, 0.25) is 0 Å². The molecule has 0 spiro atoms. The molecule has 0 N–H and O–H groups in total. The first kappa shape index (κ1) is 38.2. The van der Waals surface area contributed by atoms with Crippen molar-refractivity contribution in [2.24, 2.45) is 0 Å². The quantitative estimate of drug-likeness (QED) is 0.118. The Morgan fingerprint density at radius 1 is 0.712 bits per heavy atom. The number of imidazole rings is 1. The normalized spacial score (nSPS) is 12.6. The van der Waals surface area contributed by atoms with Crippen molar-refractivity contribution < 1.29 is 24.2 Å². The van der Waals surface area contributed by atoms with Gasteiger partial charge >= 0.3 is 0 Å². The zero-order valence-corrected chi connectivity index (χ0v) is 39.2. The molecule has 3 nitrogen and oxygen atoms in total. The molecule has 0 atom stereocenters. The zero-order chi connectivity index (χ0) is 43.2. The van der Waals surface area contributed by atoms with Crippen molar-refractivity contribution in [2.45, 2.75) is 72.9 Å². The number of hydrogen-bond donors (Lipinski definition) is 0. The molecule has 0 aliphatic heterocycles. The van der Waals surface area contributed by atoms with Crippen LogP contribution in [0.2, 0.25) is 19.6 Å². The molecule has 9 aromatic rings. The van der Waals surface area contributed by atoms with E-state index >= 15 is 0 Å². The maximum absolute atomic E-state index is 7.35. The number of hydrogen-bond acceptors (Lipinski definition) is 3. The number of rotatable bonds is 7. The van der Waals surface area contributed by atoms with Crippen LogP contribution in [0.3, 0.4) is 0 Å². The van der Waals surface area contributed by atoms with E-state index in [4.69, 9.17) is 9.10 Å². The minimum Gasteiger partial charge on any atom is -0.333 e. The van der Waals surface area contributed by atoms with Crippen molar-refractivity contribution >= 4 is 55.8 Å². The van der Waals surface area contributed by atoms with E-state index in [0.717, 1.165) is 33.7 Å². The standard InChI is InChI=1S/C38H33N2S.C15H18NSi.Ir/c1-23(2)29-21-28(26-13-7-6-8-14-26)22-30(24(3)4)37(29)40-33-16-10-9-15-32(33)39-38(40)27-18-19-34-31(20-27)36-25(5)12-11-17-35(36)41-34;1-12-5-7-13(8-6-12)15-10-9-14(11-16-15)17(2,3)4;/h6-17,19-24H,1-5H3;5-7,9-11H,1-4H3;/q2*-1;/i;1D3;. The fraction of sp³-hybridized carbons (Fsp3) is 0.208. The van der Waals surface area contributed by atoms with Crippen LogP contribution >= 0.6 is 11.3 Å². The smallest absolute Gasteiger partial charge is 0.0795 e. The first-order valence-electron chi connectivity index (χ1n) is 21.6. The summed E-state index contributed by atoms with van der Waals surface area (Å²) in [5, 5.41) is 3.92. The Kier molecular flexibility index (Phi) is 11.2. The molecule has 299 valence electrons. The second kappa shape index (κ2) is 17.3. The van der Waals surface area contributed by atoms with Gasteiger partial charge in [-0.1, -0.05) is 126 Å². The molecule has 0 aliphatic rings. The molecule has 0 unspecified atom stereocenters. The molecule has 3 aromatic heterocycles. The largest absolute Gasteiger partial charge is 0.333 e. The van der Waals surface area contributed by atoms with Crippen LogP contribution in [-0.2, 0) is 20.1 Å². The summed E-state index contributed by atoms with van der Waals surface area (Å²) in [5.41, 5.74) is 12.8. The van der Waals surface area contributed by atoms with Crippen LogP contribution in [0.5, 0.6) is 0 Å². The van der Waals surface area contributed by atoms with Crippen LogP contribution in [0.25, 0.3) is 70.7 Å². The Hall–Kier alpha value is -4.97. The van der Waals surface area contributed by atoms with Crippen LogP contribution in [0, 0.1) is 25.9 Å². The van der Waals surface area contributed by atoms with Crippen LogP contribution in [0.1, 0.15) is 65.9 Å². The Morgan fingerprint density at radius 3 is 2.07 bits per heavy atom. The van der Waals surface area contributed by atoms with E-state index in [1.165, 1.54) is 64.9 Å². The number of nitrogens with zero attached hydrogens (tertiary/aromatic N) is 3. The Morgan fingerprint density at radius 2 is 1.42 bits per heavy atom. The van der Waals surface area contributed by atoms with Gasteiger partial charge in [-0.2, -0.15) is 11.3 Å². The van der Waals surface area contributed by atoms with Gasteiger partial charge in [0.25, 0.3) is 0 Å². The Bertz CT molecular complexity index is 2910. The second-order valence-corrected chi connectivity index (χ2v) is 22.9. The van der Waals surface area contributed by atoms with Gasteiger partial charge in [0.1, 0.15) is 0 Å². The van der Waals surface area contributed by atoms with Crippen molar-refractivity contribution in [3.05, 3.63) is 168 Å². The van der Waals surface area contributed by atoms with Gasteiger partial charge in [0, 0.05) is 40.8 Å². The molecule has 6 aromatic carbocycles. The van der Waals surface area contributed by atoms with Crippen molar-refractivity contribution in [3.8, 4) is 39.5 Å². The molecule has 0 saturated carbocycles. The molecule has 0 aliphatic carbocycles. The van der Waals surface area contributed by atoms with Gasteiger partial charge < -0.3 is 9.55 Å². The fourth-order valence-electron chi connectivity index (χ4n) is 7.71. The average Bonchev–Trinajstić information content (AvgIpc) is 3.82. The summed E-state index contributed by atoms with van der Waals surface area (Å²) in [5.74, 6) is 1.60. The first-order chi connectivity index (χ1) is 29.1. The molecule has 0 amide bonds. The monoisotopic (exact) mass is 985 g/mol. The van der Waals surface area contributed by atoms with Gasteiger partial charge in [0.05, 0.1) is 24.9 Å². The van der Waals surface area contributed by atoms with E-state index in [1.54, 1.807) is 12.1 Å². The molecule has 3 heterocycles. The predicted molar refractivity (Wildman–Crippen MR) is 253 cm³/mol. The summed E-state index contributed by atoms with van der Waals surface area (Å²) in [7, 11) is -1.34.